The normalized spacial score (nSPS) is 15.5. The van der Waals surface area contributed by atoms with E-state index in [-0.39, 0.29) is 5.91 Å². The number of carbonyl (C=O) groups is 1. The van der Waals surface area contributed by atoms with Crippen molar-refractivity contribution in [3.63, 3.8) is 0 Å². The van der Waals surface area contributed by atoms with Gasteiger partial charge < -0.3 is 5.32 Å². The molecule has 1 aliphatic rings. The molecule has 0 radical (unpaired) electrons. The van der Waals surface area contributed by atoms with Gasteiger partial charge in [-0.1, -0.05) is 37.5 Å². The van der Waals surface area contributed by atoms with E-state index in [0.29, 0.717) is 17.3 Å². The molecule has 0 atom stereocenters. The highest BCUT2D eigenvalue weighted by atomic mass is 16.1. The van der Waals surface area contributed by atoms with E-state index in [2.05, 4.69) is 22.4 Å². The zero-order valence-electron chi connectivity index (χ0n) is 13.0. The third-order valence-corrected chi connectivity index (χ3v) is 4.40. The number of anilines is 1. The topological polar surface area (TPSA) is 42.0 Å². The van der Waals surface area contributed by atoms with Crippen molar-refractivity contribution in [1.82, 2.24) is 4.98 Å². The van der Waals surface area contributed by atoms with Gasteiger partial charge in [0.1, 0.15) is 5.82 Å². The van der Waals surface area contributed by atoms with Crippen LogP contribution >= 0.6 is 0 Å². The van der Waals surface area contributed by atoms with Gasteiger partial charge in [-0.05, 0) is 55.0 Å². The van der Waals surface area contributed by atoms with E-state index < -0.39 is 0 Å². The standard InChI is InChI=1S/C19H22N2O/c1-14-7-12-18(20-13-14)21-19(22)17-10-8-16(9-11-17)15-5-3-2-4-6-15/h7-13,15H,2-6H2,1H3,(H,20,21,22). The fourth-order valence-electron chi connectivity index (χ4n) is 3.07. The summed E-state index contributed by atoms with van der Waals surface area (Å²) in [5.41, 5.74) is 3.13. The van der Waals surface area contributed by atoms with Crippen LogP contribution in [0.3, 0.4) is 0 Å². The fraction of sp³-hybridized carbons (Fsp3) is 0.368. The quantitative estimate of drug-likeness (QED) is 0.892. The number of rotatable bonds is 3. The summed E-state index contributed by atoms with van der Waals surface area (Å²) in [4.78, 5) is 16.4. The van der Waals surface area contributed by atoms with Gasteiger partial charge >= 0.3 is 0 Å². The number of benzene rings is 1. The Bertz CT molecular complexity index is 625. The minimum atomic E-state index is -0.105. The number of aromatic nitrogens is 1. The number of carbonyl (C=O) groups excluding carboxylic acids is 1. The number of hydrogen-bond donors (Lipinski definition) is 1. The molecular weight excluding hydrogens is 272 g/mol. The SMILES string of the molecule is Cc1ccc(NC(=O)c2ccc(C3CCCCC3)cc2)nc1. The van der Waals surface area contributed by atoms with Crippen LogP contribution in [0.4, 0.5) is 5.82 Å². The van der Waals surface area contributed by atoms with Crippen LogP contribution in [0.25, 0.3) is 0 Å². The Labute approximate surface area is 131 Å². The monoisotopic (exact) mass is 294 g/mol. The van der Waals surface area contributed by atoms with Crippen LogP contribution in [0.1, 0.15) is 59.5 Å². The lowest BCUT2D eigenvalue weighted by molar-refractivity contribution is 0.102. The smallest absolute Gasteiger partial charge is 0.256 e. The van der Waals surface area contributed by atoms with Crippen molar-refractivity contribution in [3.05, 3.63) is 59.3 Å². The second-order valence-corrected chi connectivity index (χ2v) is 6.13. The number of aryl methyl sites for hydroxylation is 1. The number of hydrogen-bond acceptors (Lipinski definition) is 2. The highest BCUT2D eigenvalue weighted by molar-refractivity contribution is 6.03. The molecule has 1 aromatic heterocycles. The van der Waals surface area contributed by atoms with Gasteiger partial charge in [0.25, 0.3) is 5.91 Å². The maximum absolute atomic E-state index is 12.2. The molecule has 0 unspecified atom stereocenters. The number of nitrogens with zero attached hydrogens (tertiary/aromatic N) is 1. The Hall–Kier alpha value is -2.16. The summed E-state index contributed by atoms with van der Waals surface area (Å²) in [6, 6.07) is 11.8. The molecule has 1 N–H and O–H groups in total. The third kappa shape index (κ3) is 3.53. The Morgan fingerprint density at radius 1 is 1.05 bits per heavy atom. The van der Waals surface area contributed by atoms with Crippen LogP contribution in [0.2, 0.25) is 0 Å². The predicted octanol–water partition coefficient (Wildman–Crippen LogP) is 4.69. The Balaban J connectivity index is 1.66. The average molecular weight is 294 g/mol. The number of nitrogens with one attached hydrogen (secondary N) is 1. The lowest BCUT2D eigenvalue weighted by atomic mass is 9.84. The van der Waals surface area contributed by atoms with E-state index in [9.17, 15) is 4.79 Å². The molecule has 1 heterocycles. The highest BCUT2D eigenvalue weighted by Crippen LogP contribution is 2.32. The summed E-state index contributed by atoms with van der Waals surface area (Å²) >= 11 is 0. The van der Waals surface area contributed by atoms with Gasteiger partial charge in [0, 0.05) is 11.8 Å². The molecule has 1 aliphatic carbocycles. The molecule has 3 rings (SSSR count). The summed E-state index contributed by atoms with van der Waals surface area (Å²) < 4.78 is 0. The second-order valence-electron chi connectivity index (χ2n) is 6.13. The first-order chi connectivity index (χ1) is 10.7. The van der Waals surface area contributed by atoms with E-state index in [1.165, 1.54) is 37.7 Å². The maximum Gasteiger partial charge on any atom is 0.256 e. The molecule has 1 saturated carbocycles. The van der Waals surface area contributed by atoms with E-state index in [0.717, 1.165) is 5.56 Å². The highest BCUT2D eigenvalue weighted by Gasteiger charge is 2.16. The summed E-state index contributed by atoms with van der Waals surface area (Å²) in [7, 11) is 0. The molecule has 0 bridgehead atoms. The molecule has 0 saturated heterocycles. The summed E-state index contributed by atoms with van der Waals surface area (Å²) in [6.45, 7) is 1.97. The number of pyridine rings is 1. The van der Waals surface area contributed by atoms with E-state index in [4.69, 9.17) is 0 Å². The summed E-state index contributed by atoms with van der Waals surface area (Å²) in [5, 5.41) is 2.83. The largest absolute Gasteiger partial charge is 0.307 e. The van der Waals surface area contributed by atoms with E-state index in [1.54, 1.807) is 6.20 Å². The van der Waals surface area contributed by atoms with Crippen LogP contribution in [0, 0.1) is 6.92 Å². The third-order valence-electron chi connectivity index (χ3n) is 4.40. The van der Waals surface area contributed by atoms with Crippen LogP contribution in [0.5, 0.6) is 0 Å². The minimum Gasteiger partial charge on any atom is -0.307 e. The molecule has 22 heavy (non-hydrogen) atoms. The number of amides is 1. The predicted molar refractivity (Wildman–Crippen MR) is 89.2 cm³/mol. The summed E-state index contributed by atoms with van der Waals surface area (Å²) in [5.74, 6) is 1.16. The van der Waals surface area contributed by atoms with Crippen LogP contribution in [-0.2, 0) is 0 Å². The van der Waals surface area contributed by atoms with Crippen molar-refractivity contribution >= 4 is 11.7 Å². The zero-order chi connectivity index (χ0) is 15.4. The first kappa shape index (κ1) is 14.8. The van der Waals surface area contributed by atoms with Crippen molar-refractivity contribution in [2.45, 2.75) is 44.9 Å². The molecular formula is C19H22N2O. The van der Waals surface area contributed by atoms with E-state index >= 15 is 0 Å². The molecule has 1 amide bonds. The first-order valence-electron chi connectivity index (χ1n) is 8.06. The molecule has 1 aromatic carbocycles. The van der Waals surface area contributed by atoms with Crippen molar-refractivity contribution < 1.29 is 4.79 Å². The molecule has 1 fully saturated rings. The molecule has 0 spiro atoms. The lowest BCUT2D eigenvalue weighted by Gasteiger charge is -2.22. The molecule has 2 aromatic rings. The Morgan fingerprint density at radius 3 is 2.41 bits per heavy atom. The molecule has 114 valence electrons. The Kier molecular flexibility index (Phi) is 4.52. The lowest BCUT2D eigenvalue weighted by Crippen LogP contribution is -2.13. The van der Waals surface area contributed by atoms with Crippen molar-refractivity contribution in [1.29, 1.82) is 0 Å². The maximum atomic E-state index is 12.2. The van der Waals surface area contributed by atoms with Gasteiger partial charge in [-0.3, -0.25) is 4.79 Å². The molecule has 3 heteroatoms. The average Bonchev–Trinajstić information content (AvgIpc) is 2.58. The molecule has 3 nitrogen and oxygen atoms in total. The molecule has 0 aliphatic heterocycles. The van der Waals surface area contributed by atoms with Crippen molar-refractivity contribution in [2.75, 3.05) is 5.32 Å². The Morgan fingerprint density at radius 2 is 1.77 bits per heavy atom. The fourth-order valence-corrected chi connectivity index (χ4v) is 3.07. The minimum absolute atomic E-state index is 0.105. The van der Waals surface area contributed by atoms with Gasteiger partial charge in [-0.25, -0.2) is 4.98 Å². The first-order valence-corrected chi connectivity index (χ1v) is 8.06. The van der Waals surface area contributed by atoms with Crippen LogP contribution < -0.4 is 5.32 Å². The van der Waals surface area contributed by atoms with Crippen molar-refractivity contribution in [3.8, 4) is 0 Å². The van der Waals surface area contributed by atoms with Gasteiger partial charge in [-0.15, -0.1) is 0 Å². The van der Waals surface area contributed by atoms with Crippen molar-refractivity contribution in [2.24, 2.45) is 0 Å². The van der Waals surface area contributed by atoms with Gasteiger partial charge in [0.2, 0.25) is 0 Å². The summed E-state index contributed by atoms with van der Waals surface area (Å²) in [6.07, 6.45) is 8.32. The van der Waals surface area contributed by atoms with Crippen LogP contribution in [0.15, 0.2) is 42.6 Å². The zero-order valence-corrected chi connectivity index (χ0v) is 13.0. The van der Waals surface area contributed by atoms with Gasteiger partial charge in [0.15, 0.2) is 0 Å². The van der Waals surface area contributed by atoms with Gasteiger partial charge in [0.05, 0.1) is 0 Å². The van der Waals surface area contributed by atoms with E-state index in [1.807, 2.05) is 31.2 Å². The second kappa shape index (κ2) is 6.73. The van der Waals surface area contributed by atoms with Crippen LogP contribution in [-0.4, -0.2) is 10.9 Å². The van der Waals surface area contributed by atoms with Gasteiger partial charge in [-0.2, -0.15) is 0 Å².